The summed E-state index contributed by atoms with van der Waals surface area (Å²) in [5.41, 5.74) is -0.106. The molecule has 2 heterocycles. The molecule has 6 heteroatoms. The Hall–Kier alpha value is -2.89. The fourth-order valence-corrected chi connectivity index (χ4v) is 3.34. The predicted molar refractivity (Wildman–Crippen MR) is 92.6 cm³/mol. The van der Waals surface area contributed by atoms with Crippen LogP contribution in [0.2, 0.25) is 0 Å². The molecular formula is C19H20N2O4. The van der Waals surface area contributed by atoms with Gasteiger partial charge in [0, 0.05) is 38.0 Å². The molecule has 2 aromatic rings. The van der Waals surface area contributed by atoms with Crippen molar-refractivity contribution in [3.05, 3.63) is 70.1 Å². The summed E-state index contributed by atoms with van der Waals surface area (Å²) < 4.78 is 1.40. The summed E-state index contributed by atoms with van der Waals surface area (Å²) in [6, 6.07) is 12.1. The number of aryl methyl sites for hydroxylation is 1. The van der Waals surface area contributed by atoms with Crippen LogP contribution in [0.3, 0.4) is 0 Å². The van der Waals surface area contributed by atoms with Gasteiger partial charge in [0.05, 0.1) is 5.41 Å². The molecule has 0 aliphatic carbocycles. The topological polar surface area (TPSA) is 79.6 Å². The SMILES string of the molecule is Cn1ccc(C(=O)N2CCC(C(=O)O)(c3ccccc3)CC2)cc1=O. The lowest BCUT2D eigenvalue weighted by atomic mass is 9.73. The summed E-state index contributed by atoms with van der Waals surface area (Å²) in [7, 11) is 1.62. The molecule has 0 atom stereocenters. The number of carboxylic acid groups (broad SMARTS) is 1. The average molecular weight is 340 g/mol. The van der Waals surface area contributed by atoms with Crippen LogP contribution in [0.5, 0.6) is 0 Å². The van der Waals surface area contributed by atoms with E-state index in [-0.39, 0.29) is 11.5 Å². The molecule has 1 amide bonds. The van der Waals surface area contributed by atoms with Gasteiger partial charge in [-0.2, -0.15) is 0 Å². The van der Waals surface area contributed by atoms with Crippen molar-refractivity contribution < 1.29 is 14.7 Å². The lowest BCUT2D eigenvalue weighted by Crippen LogP contribution is -2.49. The standard InChI is InChI=1S/C19H20N2O4/c1-20-10-7-14(13-16(20)22)17(23)21-11-8-19(9-12-21,18(24)25)15-5-3-2-4-6-15/h2-7,10,13H,8-9,11-12H2,1H3,(H,24,25). The van der Waals surface area contributed by atoms with E-state index in [0.717, 1.165) is 5.56 Å². The first-order chi connectivity index (χ1) is 11.9. The Morgan fingerprint density at radius 2 is 1.72 bits per heavy atom. The Balaban J connectivity index is 1.80. The quantitative estimate of drug-likeness (QED) is 0.921. The highest BCUT2D eigenvalue weighted by Gasteiger charge is 2.43. The molecule has 1 N–H and O–H groups in total. The highest BCUT2D eigenvalue weighted by atomic mass is 16.4. The van der Waals surface area contributed by atoms with Gasteiger partial charge in [0.25, 0.3) is 11.5 Å². The zero-order valence-corrected chi connectivity index (χ0v) is 14.0. The van der Waals surface area contributed by atoms with E-state index in [2.05, 4.69) is 0 Å². The number of aromatic nitrogens is 1. The molecule has 0 saturated carbocycles. The zero-order chi connectivity index (χ0) is 18.0. The van der Waals surface area contributed by atoms with Crippen molar-refractivity contribution in [1.82, 2.24) is 9.47 Å². The molecule has 6 nitrogen and oxygen atoms in total. The number of pyridine rings is 1. The molecule has 1 saturated heterocycles. The number of carboxylic acids is 1. The van der Waals surface area contributed by atoms with Crippen LogP contribution in [0.25, 0.3) is 0 Å². The summed E-state index contributed by atoms with van der Waals surface area (Å²) in [6.07, 6.45) is 2.26. The van der Waals surface area contributed by atoms with E-state index in [4.69, 9.17) is 0 Å². The van der Waals surface area contributed by atoms with Crippen LogP contribution in [0.4, 0.5) is 0 Å². The van der Waals surface area contributed by atoms with Gasteiger partial charge in [-0.05, 0) is 24.5 Å². The highest BCUT2D eigenvalue weighted by Crippen LogP contribution is 2.36. The van der Waals surface area contributed by atoms with Crippen molar-refractivity contribution in [3.8, 4) is 0 Å². The van der Waals surface area contributed by atoms with Crippen LogP contribution in [-0.4, -0.2) is 39.5 Å². The largest absolute Gasteiger partial charge is 0.481 e. The Morgan fingerprint density at radius 3 is 2.28 bits per heavy atom. The lowest BCUT2D eigenvalue weighted by molar-refractivity contribution is -0.145. The molecule has 0 unspecified atom stereocenters. The molecule has 0 radical (unpaired) electrons. The molecule has 1 aliphatic heterocycles. The first kappa shape index (κ1) is 17.0. The molecule has 1 aromatic carbocycles. The number of likely N-dealkylation sites (tertiary alicyclic amines) is 1. The number of hydrogen-bond acceptors (Lipinski definition) is 3. The number of amides is 1. The summed E-state index contributed by atoms with van der Waals surface area (Å²) in [6.45, 7) is 0.685. The number of hydrogen-bond donors (Lipinski definition) is 1. The van der Waals surface area contributed by atoms with Gasteiger partial charge in [-0.25, -0.2) is 0 Å². The third-order valence-corrected chi connectivity index (χ3v) is 4.99. The zero-order valence-electron chi connectivity index (χ0n) is 14.0. The minimum Gasteiger partial charge on any atom is -0.481 e. The van der Waals surface area contributed by atoms with Gasteiger partial charge >= 0.3 is 5.97 Å². The van der Waals surface area contributed by atoms with Gasteiger partial charge in [0.2, 0.25) is 0 Å². The van der Waals surface area contributed by atoms with E-state index in [0.29, 0.717) is 31.5 Å². The number of rotatable bonds is 3. The van der Waals surface area contributed by atoms with E-state index in [1.54, 1.807) is 24.2 Å². The molecule has 130 valence electrons. The van der Waals surface area contributed by atoms with Crippen molar-refractivity contribution in [3.63, 3.8) is 0 Å². The Bertz CT molecular complexity index is 849. The normalized spacial score (nSPS) is 16.4. The summed E-state index contributed by atoms with van der Waals surface area (Å²) in [4.78, 5) is 37.9. The van der Waals surface area contributed by atoms with Gasteiger partial charge < -0.3 is 14.6 Å². The average Bonchev–Trinajstić information content (AvgIpc) is 2.64. The van der Waals surface area contributed by atoms with E-state index in [1.165, 1.54) is 10.6 Å². The monoisotopic (exact) mass is 340 g/mol. The summed E-state index contributed by atoms with van der Waals surface area (Å²) in [5.74, 6) is -1.09. The molecule has 3 rings (SSSR count). The van der Waals surface area contributed by atoms with Crippen LogP contribution in [0.1, 0.15) is 28.8 Å². The van der Waals surface area contributed by atoms with Crippen LogP contribution >= 0.6 is 0 Å². The molecule has 1 aromatic heterocycles. The highest BCUT2D eigenvalue weighted by molar-refractivity contribution is 5.94. The van der Waals surface area contributed by atoms with Crippen molar-refractivity contribution in [1.29, 1.82) is 0 Å². The van der Waals surface area contributed by atoms with Crippen molar-refractivity contribution in [2.24, 2.45) is 7.05 Å². The van der Waals surface area contributed by atoms with E-state index >= 15 is 0 Å². The first-order valence-corrected chi connectivity index (χ1v) is 8.19. The number of aliphatic carboxylic acids is 1. The van der Waals surface area contributed by atoms with Crippen LogP contribution < -0.4 is 5.56 Å². The van der Waals surface area contributed by atoms with E-state index in [9.17, 15) is 19.5 Å². The third-order valence-electron chi connectivity index (χ3n) is 4.99. The van der Waals surface area contributed by atoms with E-state index in [1.807, 2.05) is 30.3 Å². The maximum atomic E-state index is 12.6. The second kappa shape index (κ2) is 6.55. The predicted octanol–water partition coefficient (Wildman–Crippen LogP) is 1.64. The van der Waals surface area contributed by atoms with Gasteiger partial charge in [-0.3, -0.25) is 14.4 Å². The summed E-state index contributed by atoms with van der Waals surface area (Å²) >= 11 is 0. The molecule has 0 bridgehead atoms. The maximum absolute atomic E-state index is 12.6. The fraction of sp³-hybridized carbons (Fsp3) is 0.316. The summed E-state index contributed by atoms with van der Waals surface area (Å²) in [5, 5.41) is 9.80. The van der Waals surface area contributed by atoms with Crippen molar-refractivity contribution in [2.75, 3.05) is 13.1 Å². The van der Waals surface area contributed by atoms with Crippen molar-refractivity contribution >= 4 is 11.9 Å². The number of carbonyl (C=O) groups excluding carboxylic acids is 1. The number of piperidine rings is 1. The Labute approximate surface area is 145 Å². The Morgan fingerprint density at radius 1 is 1.08 bits per heavy atom. The second-order valence-corrected chi connectivity index (χ2v) is 6.41. The molecular weight excluding hydrogens is 320 g/mol. The minimum atomic E-state index is -0.967. The Kier molecular flexibility index (Phi) is 4.44. The van der Waals surface area contributed by atoms with Crippen LogP contribution in [0.15, 0.2) is 53.5 Å². The molecule has 0 spiro atoms. The molecule has 25 heavy (non-hydrogen) atoms. The van der Waals surface area contributed by atoms with Gasteiger partial charge in [-0.15, -0.1) is 0 Å². The lowest BCUT2D eigenvalue weighted by Gasteiger charge is -2.39. The van der Waals surface area contributed by atoms with Crippen LogP contribution in [0, 0.1) is 0 Å². The maximum Gasteiger partial charge on any atom is 0.314 e. The smallest absolute Gasteiger partial charge is 0.314 e. The molecule has 1 fully saturated rings. The number of nitrogens with zero attached hydrogens (tertiary/aromatic N) is 2. The second-order valence-electron chi connectivity index (χ2n) is 6.41. The van der Waals surface area contributed by atoms with Gasteiger partial charge in [-0.1, -0.05) is 30.3 Å². The van der Waals surface area contributed by atoms with Gasteiger partial charge in [0.1, 0.15) is 0 Å². The fourth-order valence-electron chi connectivity index (χ4n) is 3.34. The minimum absolute atomic E-state index is 0.232. The van der Waals surface area contributed by atoms with E-state index < -0.39 is 11.4 Å². The van der Waals surface area contributed by atoms with Crippen LogP contribution in [-0.2, 0) is 17.3 Å². The molecule has 1 aliphatic rings. The van der Waals surface area contributed by atoms with Gasteiger partial charge in [0.15, 0.2) is 0 Å². The number of benzene rings is 1. The third kappa shape index (κ3) is 3.07. The number of carbonyl (C=O) groups is 2. The van der Waals surface area contributed by atoms with Crippen molar-refractivity contribution in [2.45, 2.75) is 18.3 Å². The first-order valence-electron chi connectivity index (χ1n) is 8.19.